The predicted molar refractivity (Wildman–Crippen MR) is 94.8 cm³/mol. The number of nitrogens with zero attached hydrogens (tertiary/aromatic N) is 3. The smallest absolute Gasteiger partial charge is 0.410 e. The molecule has 1 aliphatic heterocycles. The van der Waals surface area contributed by atoms with E-state index < -0.39 is 11.6 Å². The number of aromatic nitrogens is 1. The summed E-state index contributed by atoms with van der Waals surface area (Å²) in [7, 11) is 1.34. The predicted octanol–water partition coefficient (Wildman–Crippen LogP) is 2.70. The fourth-order valence-electron chi connectivity index (χ4n) is 3.00. The Balaban J connectivity index is 2.08. The van der Waals surface area contributed by atoms with Crippen LogP contribution < -0.4 is 4.90 Å². The second-order valence-electron chi connectivity index (χ2n) is 7.39. The Labute approximate surface area is 148 Å². The highest BCUT2D eigenvalue weighted by molar-refractivity contribution is 5.89. The van der Waals surface area contributed by atoms with E-state index in [0.29, 0.717) is 18.7 Å². The van der Waals surface area contributed by atoms with Gasteiger partial charge in [0.2, 0.25) is 0 Å². The van der Waals surface area contributed by atoms with Gasteiger partial charge in [0.1, 0.15) is 11.4 Å². The van der Waals surface area contributed by atoms with Gasteiger partial charge in [-0.2, -0.15) is 0 Å². The molecule has 2 rings (SSSR count). The van der Waals surface area contributed by atoms with Gasteiger partial charge in [-0.25, -0.2) is 14.6 Å². The molecule has 1 fully saturated rings. The van der Waals surface area contributed by atoms with Crippen LogP contribution in [0.25, 0.3) is 0 Å². The van der Waals surface area contributed by atoms with Crippen molar-refractivity contribution in [3.05, 3.63) is 23.9 Å². The molecule has 0 spiro atoms. The number of hydrogen-bond acceptors (Lipinski definition) is 6. The molecule has 1 aromatic rings. The van der Waals surface area contributed by atoms with E-state index in [1.165, 1.54) is 13.3 Å². The zero-order valence-electron chi connectivity index (χ0n) is 15.8. The number of ether oxygens (including phenoxy) is 2. The monoisotopic (exact) mass is 349 g/mol. The van der Waals surface area contributed by atoms with E-state index in [-0.39, 0.29) is 18.2 Å². The molecule has 25 heavy (non-hydrogen) atoms. The Morgan fingerprint density at radius 2 is 1.76 bits per heavy atom. The topological polar surface area (TPSA) is 72.0 Å². The molecule has 0 unspecified atom stereocenters. The highest BCUT2D eigenvalue weighted by atomic mass is 16.6. The van der Waals surface area contributed by atoms with Gasteiger partial charge in [0, 0.05) is 19.3 Å². The minimum absolute atomic E-state index is 0.0133. The summed E-state index contributed by atoms with van der Waals surface area (Å²) in [6, 6.07) is 3.47. The average Bonchev–Trinajstić information content (AvgIpc) is 2.51. The lowest BCUT2D eigenvalue weighted by atomic mass is 10.1. The molecule has 1 aliphatic rings. The normalized spacial score (nSPS) is 21.0. The molecule has 0 N–H and O–H groups in total. The molecule has 0 saturated carbocycles. The zero-order valence-corrected chi connectivity index (χ0v) is 15.8. The van der Waals surface area contributed by atoms with Crippen molar-refractivity contribution in [2.75, 3.05) is 25.1 Å². The van der Waals surface area contributed by atoms with Crippen LogP contribution in [0.5, 0.6) is 0 Å². The number of methoxy groups -OCH3 is 1. The van der Waals surface area contributed by atoms with E-state index in [4.69, 9.17) is 4.74 Å². The van der Waals surface area contributed by atoms with Crippen LogP contribution in [-0.2, 0) is 9.47 Å². The van der Waals surface area contributed by atoms with Crippen LogP contribution in [0, 0.1) is 0 Å². The van der Waals surface area contributed by atoms with Crippen molar-refractivity contribution in [2.24, 2.45) is 0 Å². The van der Waals surface area contributed by atoms with E-state index in [0.717, 1.165) is 5.82 Å². The molecule has 0 radical (unpaired) electrons. The molecule has 7 heteroatoms. The molecule has 0 aliphatic carbocycles. The summed E-state index contributed by atoms with van der Waals surface area (Å²) >= 11 is 0. The van der Waals surface area contributed by atoms with Crippen LogP contribution in [0.1, 0.15) is 45.0 Å². The van der Waals surface area contributed by atoms with Gasteiger partial charge in [0.25, 0.3) is 0 Å². The van der Waals surface area contributed by atoms with Crippen LogP contribution >= 0.6 is 0 Å². The van der Waals surface area contributed by atoms with Crippen molar-refractivity contribution in [3.8, 4) is 0 Å². The van der Waals surface area contributed by atoms with E-state index >= 15 is 0 Å². The second-order valence-corrected chi connectivity index (χ2v) is 7.39. The number of piperazine rings is 1. The summed E-state index contributed by atoms with van der Waals surface area (Å²) < 4.78 is 10.2. The molecule has 138 valence electrons. The number of carbonyl (C=O) groups excluding carboxylic acids is 2. The van der Waals surface area contributed by atoms with Crippen molar-refractivity contribution < 1.29 is 19.1 Å². The first-order valence-electron chi connectivity index (χ1n) is 8.43. The van der Waals surface area contributed by atoms with E-state index in [2.05, 4.69) is 14.6 Å². The summed E-state index contributed by atoms with van der Waals surface area (Å²) in [5.74, 6) is 0.366. The zero-order chi connectivity index (χ0) is 18.8. The van der Waals surface area contributed by atoms with Gasteiger partial charge >= 0.3 is 12.1 Å². The van der Waals surface area contributed by atoms with Crippen LogP contribution in [0.4, 0.5) is 10.6 Å². The number of rotatable bonds is 2. The van der Waals surface area contributed by atoms with E-state index in [9.17, 15) is 9.59 Å². The third-order valence-electron chi connectivity index (χ3n) is 4.02. The first-order chi connectivity index (χ1) is 11.6. The molecule has 7 nitrogen and oxygen atoms in total. The highest BCUT2D eigenvalue weighted by Gasteiger charge is 2.35. The Morgan fingerprint density at radius 1 is 1.16 bits per heavy atom. The van der Waals surface area contributed by atoms with Gasteiger partial charge in [-0.3, -0.25) is 4.90 Å². The van der Waals surface area contributed by atoms with E-state index in [1.54, 1.807) is 17.0 Å². The molecule has 2 heterocycles. The number of anilines is 1. The van der Waals surface area contributed by atoms with Gasteiger partial charge in [-0.05, 0) is 46.8 Å². The Hall–Kier alpha value is -2.31. The summed E-state index contributed by atoms with van der Waals surface area (Å²) in [4.78, 5) is 32.2. The van der Waals surface area contributed by atoms with Crippen LogP contribution in [0.3, 0.4) is 0 Å². The maximum atomic E-state index is 12.4. The van der Waals surface area contributed by atoms with Crippen LogP contribution in [-0.4, -0.2) is 59.8 Å². The summed E-state index contributed by atoms with van der Waals surface area (Å²) in [5, 5.41) is 0. The standard InChI is InChI=1S/C18H27N3O4/c1-12-10-20(15-8-7-14(9-19-15)16(22)24-6)11-13(2)21(12)17(23)25-18(3,4)5/h7-9,12-13H,10-11H2,1-6H3/t12-,13-/m1/s1. The van der Waals surface area contributed by atoms with Gasteiger partial charge in [0.05, 0.1) is 24.8 Å². The molecule has 0 bridgehead atoms. The number of esters is 1. The maximum absolute atomic E-state index is 12.4. The quantitative estimate of drug-likeness (QED) is 0.765. The molecular weight excluding hydrogens is 322 g/mol. The third-order valence-corrected chi connectivity index (χ3v) is 4.02. The SMILES string of the molecule is COC(=O)c1ccc(N2C[C@@H](C)N(C(=O)OC(C)(C)C)[C@H](C)C2)nc1. The second kappa shape index (κ2) is 7.29. The Bertz CT molecular complexity index is 612. The first-order valence-corrected chi connectivity index (χ1v) is 8.43. The fourth-order valence-corrected chi connectivity index (χ4v) is 3.00. The summed E-state index contributed by atoms with van der Waals surface area (Å²) in [6.07, 6.45) is 1.22. The lowest BCUT2D eigenvalue weighted by Crippen LogP contribution is -2.59. The number of hydrogen-bond donors (Lipinski definition) is 0. The minimum atomic E-state index is -0.515. The van der Waals surface area contributed by atoms with Crippen molar-refractivity contribution in [3.63, 3.8) is 0 Å². The average molecular weight is 349 g/mol. The summed E-state index contributed by atoms with van der Waals surface area (Å²) in [5.41, 5.74) is -0.0985. The van der Waals surface area contributed by atoms with Crippen molar-refractivity contribution >= 4 is 17.9 Å². The Kier molecular flexibility index (Phi) is 5.55. The molecular formula is C18H27N3O4. The highest BCUT2D eigenvalue weighted by Crippen LogP contribution is 2.23. The minimum Gasteiger partial charge on any atom is -0.465 e. The first kappa shape index (κ1) is 19.0. The van der Waals surface area contributed by atoms with Crippen molar-refractivity contribution in [1.82, 2.24) is 9.88 Å². The van der Waals surface area contributed by atoms with Gasteiger partial charge < -0.3 is 14.4 Å². The lowest BCUT2D eigenvalue weighted by molar-refractivity contribution is 0.00558. The van der Waals surface area contributed by atoms with Gasteiger partial charge in [-0.15, -0.1) is 0 Å². The molecule has 1 aromatic heterocycles. The lowest BCUT2D eigenvalue weighted by Gasteiger charge is -2.44. The van der Waals surface area contributed by atoms with Gasteiger partial charge in [0.15, 0.2) is 0 Å². The number of carbonyl (C=O) groups is 2. The molecule has 1 amide bonds. The Morgan fingerprint density at radius 3 is 2.20 bits per heavy atom. The molecule has 0 aromatic carbocycles. The number of amides is 1. The largest absolute Gasteiger partial charge is 0.465 e. The fraction of sp³-hybridized carbons (Fsp3) is 0.611. The van der Waals surface area contributed by atoms with Gasteiger partial charge in [-0.1, -0.05) is 0 Å². The maximum Gasteiger partial charge on any atom is 0.410 e. The van der Waals surface area contributed by atoms with E-state index in [1.807, 2.05) is 34.6 Å². The van der Waals surface area contributed by atoms with Crippen LogP contribution in [0.15, 0.2) is 18.3 Å². The molecule has 1 saturated heterocycles. The van der Waals surface area contributed by atoms with Crippen molar-refractivity contribution in [2.45, 2.75) is 52.3 Å². The van der Waals surface area contributed by atoms with Crippen molar-refractivity contribution in [1.29, 1.82) is 0 Å². The van der Waals surface area contributed by atoms with Crippen LogP contribution in [0.2, 0.25) is 0 Å². The summed E-state index contributed by atoms with van der Waals surface area (Å²) in [6.45, 7) is 10.9. The number of pyridine rings is 1. The third kappa shape index (κ3) is 4.61. The molecule has 2 atom stereocenters.